The summed E-state index contributed by atoms with van der Waals surface area (Å²) >= 11 is 1.41. The Balaban J connectivity index is 1.59. The molecule has 3 aromatic rings. The molecule has 9 nitrogen and oxygen atoms in total. The minimum Gasteiger partial charge on any atom is -0.324 e. The Morgan fingerprint density at radius 1 is 1.18 bits per heavy atom. The summed E-state index contributed by atoms with van der Waals surface area (Å²) in [6, 6.07) is 9.46. The van der Waals surface area contributed by atoms with Crippen molar-refractivity contribution in [1.82, 2.24) is 18.7 Å². The zero-order valence-corrected chi connectivity index (χ0v) is 20.4. The molecule has 0 atom stereocenters. The van der Waals surface area contributed by atoms with Gasteiger partial charge in [-0.15, -0.1) is 11.3 Å². The van der Waals surface area contributed by atoms with Crippen LogP contribution in [0.5, 0.6) is 0 Å². The molecule has 1 fully saturated rings. The van der Waals surface area contributed by atoms with Crippen molar-refractivity contribution in [3.63, 3.8) is 0 Å². The molecule has 0 saturated carbocycles. The highest BCUT2D eigenvalue weighted by Crippen LogP contribution is 2.29. The van der Waals surface area contributed by atoms with E-state index in [1.165, 1.54) is 26.6 Å². The molecule has 2 aromatic heterocycles. The zero-order chi connectivity index (χ0) is 23.8. The summed E-state index contributed by atoms with van der Waals surface area (Å²) < 4.78 is 27.9. The Hall–Kier alpha value is -2.76. The number of hydrogen-bond donors (Lipinski definition) is 1. The summed E-state index contributed by atoms with van der Waals surface area (Å²) in [5.74, 6) is 0.146. The number of anilines is 1. The van der Waals surface area contributed by atoms with Crippen LogP contribution in [0.4, 0.5) is 5.69 Å². The number of thiophene rings is 1. The lowest BCUT2D eigenvalue weighted by atomic mass is 9.97. The fourth-order valence-corrected chi connectivity index (χ4v) is 5.83. The van der Waals surface area contributed by atoms with Gasteiger partial charge in [0.2, 0.25) is 15.9 Å². The highest BCUT2D eigenvalue weighted by Gasteiger charge is 2.30. The molecule has 1 saturated heterocycles. The lowest BCUT2D eigenvalue weighted by molar-refractivity contribution is -0.117. The topological polar surface area (TPSA) is 106 Å². The average Bonchev–Trinajstić information content (AvgIpc) is 3.35. The molecule has 1 aliphatic heterocycles. The molecule has 0 aliphatic carbocycles. The number of amides is 1. The molecule has 11 heteroatoms. The molecule has 0 spiro atoms. The summed E-state index contributed by atoms with van der Waals surface area (Å²) in [5, 5.41) is 9.98. The summed E-state index contributed by atoms with van der Waals surface area (Å²) in [4.78, 5) is 25.9. The minimum absolute atomic E-state index is 0.0819. The SMILES string of the molecule is Cc1cc(C)cc(NC(=O)Cn2nc(C3CCN(S(C)(=O)=O)CC3)n(-c3cccs3)c2=O)c1. The maximum absolute atomic E-state index is 13.2. The van der Waals surface area contributed by atoms with Crippen LogP contribution >= 0.6 is 11.3 Å². The number of piperidine rings is 1. The van der Waals surface area contributed by atoms with Crippen molar-refractivity contribution in [2.45, 2.75) is 39.2 Å². The molecule has 176 valence electrons. The van der Waals surface area contributed by atoms with Gasteiger partial charge >= 0.3 is 5.69 Å². The van der Waals surface area contributed by atoms with Crippen LogP contribution in [0.2, 0.25) is 0 Å². The van der Waals surface area contributed by atoms with Crippen LogP contribution in [-0.2, 0) is 21.4 Å². The molecule has 0 unspecified atom stereocenters. The molecule has 1 aliphatic rings. The number of carbonyl (C=O) groups is 1. The quantitative estimate of drug-likeness (QED) is 0.573. The first-order valence-corrected chi connectivity index (χ1v) is 13.4. The van der Waals surface area contributed by atoms with Crippen molar-refractivity contribution in [2.75, 3.05) is 24.7 Å². The molecule has 1 N–H and O–H groups in total. The van der Waals surface area contributed by atoms with Crippen LogP contribution in [-0.4, -0.2) is 52.3 Å². The van der Waals surface area contributed by atoms with E-state index in [1.807, 2.05) is 49.6 Å². The van der Waals surface area contributed by atoms with E-state index < -0.39 is 10.0 Å². The van der Waals surface area contributed by atoms with Crippen LogP contribution in [0.15, 0.2) is 40.5 Å². The summed E-state index contributed by atoms with van der Waals surface area (Å²) in [7, 11) is -3.25. The normalized spacial score (nSPS) is 15.6. The number of hydrogen-bond acceptors (Lipinski definition) is 6. The van der Waals surface area contributed by atoms with Crippen molar-refractivity contribution in [1.29, 1.82) is 0 Å². The third-order valence-electron chi connectivity index (χ3n) is 5.68. The Morgan fingerprint density at radius 2 is 1.85 bits per heavy atom. The molecule has 0 bridgehead atoms. The molecule has 1 amide bonds. The first-order chi connectivity index (χ1) is 15.6. The van der Waals surface area contributed by atoms with Gasteiger partial charge in [0.05, 0.1) is 6.26 Å². The molecule has 0 radical (unpaired) electrons. The van der Waals surface area contributed by atoms with Gasteiger partial charge in [-0.05, 0) is 67.5 Å². The number of nitrogens with zero attached hydrogens (tertiary/aromatic N) is 4. The Kier molecular flexibility index (Phi) is 6.55. The zero-order valence-electron chi connectivity index (χ0n) is 18.8. The first-order valence-electron chi connectivity index (χ1n) is 10.7. The largest absolute Gasteiger partial charge is 0.351 e. The molecule has 3 heterocycles. The smallest absolute Gasteiger partial charge is 0.324 e. The van der Waals surface area contributed by atoms with Crippen LogP contribution < -0.4 is 11.0 Å². The highest BCUT2D eigenvalue weighted by molar-refractivity contribution is 7.88. The second-order valence-electron chi connectivity index (χ2n) is 8.45. The van der Waals surface area contributed by atoms with Gasteiger partial charge in [0, 0.05) is 24.7 Å². The number of aromatic nitrogens is 3. The van der Waals surface area contributed by atoms with Crippen molar-refractivity contribution in [3.05, 3.63) is 63.1 Å². The van der Waals surface area contributed by atoms with E-state index in [4.69, 9.17) is 0 Å². The van der Waals surface area contributed by atoms with Gasteiger partial charge < -0.3 is 5.32 Å². The van der Waals surface area contributed by atoms with Gasteiger partial charge in [0.15, 0.2) is 0 Å². The van der Waals surface area contributed by atoms with Crippen LogP contribution in [0.25, 0.3) is 5.00 Å². The third-order valence-corrected chi connectivity index (χ3v) is 7.83. The Morgan fingerprint density at radius 3 is 2.42 bits per heavy atom. The minimum atomic E-state index is -3.25. The van der Waals surface area contributed by atoms with Gasteiger partial charge in [-0.3, -0.25) is 4.79 Å². The van der Waals surface area contributed by atoms with Gasteiger partial charge in [0.25, 0.3) is 0 Å². The molecular formula is C22H27N5O4S2. The summed E-state index contributed by atoms with van der Waals surface area (Å²) in [6.45, 7) is 4.46. The van der Waals surface area contributed by atoms with Crippen molar-refractivity contribution >= 4 is 33.0 Å². The number of sulfonamides is 1. The third kappa shape index (κ3) is 5.26. The number of nitrogens with one attached hydrogen (secondary N) is 1. The molecule has 33 heavy (non-hydrogen) atoms. The molecule has 1 aromatic carbocycles. The van der Waals surface area contributed by atoms with Crippen molar-refractivity contribution < 1.29 is 13.2 Å². The van der Waals surface area contributed by atoms with E-state index in [-0.39, 0.29) is 24.1 Å². The molecular weight excluding hydrogens is 462 g/mol. The summed E-state index contributed by atoms with van der Waals surface area (Å²) in [5.41, 5.74) is 2.37. The number of benzene rings is 1. The average molecular weight is 490 g/mol. The second kappa shape index (κ2) is 9.24. The predicted octanol–water partition coefficient (Wildman–Crippen LogP) is 2.49. The lowest BCUT2D eigenvalue weighted by Crippen LogP contribution is -2.37. The van der Waals surface area contributed by atoms with E-state index in [1.54, 1.807) is 4.57 Å². The second-order valence-corrected chi connectivity index (χ2v) is 11.4. The Labute approximate surface area is 196 Å². The van der Waals surface area contributed by atoms with Crippen molar-refractivity contribution in [3.8, 4) is 5.00 Å². The van der Waals surface area contributed by atoms with Gasteiger partial charge in [-0.25, -0.2) is 26.8 Å². The van der Waals surface area contributed by atoms with Crippen LogP contribution in [0, 0.1) is 13.8 Å². The number of carbonyl (C=O) groups excluding carboxylic acids is 1. The Bertz CT molecular complexity index is 1300. The van der Waals surface area contributed by atoms with Gasteiger partial charge in [-0.1, -0.05) is 6.07 Å². The number of rotatable bonds is 6. The fraction of sp³-hybridized carbons (Fsp3) is 0.409. The first kappa shape index (κ1) is 23.4. The summed E-state index contributed by atoms with van der Waals surface area (Å²) in [6.07, 6.45) is 2.32. The molecule has 4 rings (SSSR count). The highest BCUT2D eigenvalue weighted by atomic mass is 32.2. The van der Waals surface area contributed by atoms with E-state index in [9.17, 15) is 18.0 Å². The lowest BCUT2D eigenvalue weighted by Gasteiger charge is -2.29. The van der Waals surface area contributed by atoms with E-state index >= 15 is 0 Å². The standard InChI is InChI=1S/C22H27N5O4S2/c1-15-11-16(2)13-18(12-15)23-19(28)14-26-22(29)27(20-5-4-10-32-20)21(24-26)17-6-8-25(9-7-17)33(3,30)31/h4-5,10-13,17H,6-9,14H2,1-3H3,(H,23,28). The van der Waals surface area contributed by atoms with Crippen LogP contribution in [0.1, 0.15) is 35.7 Å². The van der Waals surface area contributed by atoms with E-state index in [0.717, 1.165) is 16.1 Å². The van der Waals surface area contributed by atoms with Gasteiger partial charge in [0.1, 0.15) is 17.4 Å². The van der Waals surface area contributed by atoms with Gasteiger partial charge in [-0.2, -0.15) is 5.10 Å². The van der Waals surface area contributed by atoms with Crippen LogP contribution in [0.3, 0.4) is 0 Å². The van der Waals surface area contributed by atoms with E-state index in [0.29, 0.717) is 37.4 Å². The maximum atomic E-state index is 13.2. The van der Waals surface area contributed by atoms with E-state index in [2.05, 4.69) is 10.4 Å². The predicted molar refractivity (Wildman–Crippen MR) is 129 cm³/mol. The fourth-order valence-electron chi connectivity index (χ4n) is 4.23. The monoisotopic (exact) mass is 489 g/mol. The maximum Gasteiger partial charge on any atom is 0.351 e. The van der Waals surface area contributed by atoms with Crippen molar-refractivity contribution in [2.24, 2.45) is 0 Å². The number of aryl methyl sites for hydroxylation is 2.